The summed E-state index contributed by atoms with van der Waals surface area (Å²) in [4.78, 5) is 23.9. The molecular weight excluding hydrogens is 441 g/mol. The van der Waals surface area contributed by atoms with E-state index in [0.29, 0.717) is 18.4 Å². The van der Waals surface area contributed by atoms with Gasteiger partial charge in [0.25, 0.3) is 5.91 Å². The van der Waals surface area contributed by atoms with Crippen molar-refractivity contribution in [2.45, 2.75) is 43.9 Å². The molecule has 7 nitrogen and oxygen atoms in total. The van der Waals surface area contributed by atoms with Gasteiger partial charge in [0.15, 0.2) is 6.61 Å². The number of carboxylic acids is 1. The summed E-state index contributed by atoms with van der Waals surface area (Å²) < 4.78 is 44.7. The van der Waals surface area contributed by atoms with Gasteiger partial charge in [-0.2, -0.15) is 13.2 Å². The van der Waals surface area contributed by atoms with Crippen molar-refractivity contribution >= 4 is 23.3 Å². The predicted molar refractivity (Wildman–Crippen MR) is 115 cm³/mol. The first kappa shape index (κ1) is 24.4. The summed E-state index contributed by atoms with van der Waals surface area (Å²) in [5.74, 6) is -2.09. The molecule has 1 saturated carbocycles. The van der Waals surface area contributed by atoms with Crippen LogP contribution >= 0.6 is 0 Å². The molecule has 1 amide bonds. The molecule has 1 unspecified atom stereocenters. The van der Waals surface area contributed by atoms with E-state index >= 15 is 0 Å². The summed E-state index contributed by atoms with van der Waals surface area (Å²) in [6.45, 7) is -0.546. The summed E-state index contributed by atoms with van der Waals surface area (Å²) in [6.07, 6.45) is -1.98. The molecule has 0 saturated heterocycles. The zero-order valence-electron chi connectivity index (χ0n) is 17.7. The van der Waals surface area contributed by atoms with Gasteiger partial charge in [0.05, 0.1) is 5.56 Å². The third-order valence-corrected chi connectivity index (χ3v) is 5.77. The van der Waals surface area contributed by atoms with Crippen LogP contribution in [0.4, 0.5) is 24.5 Å². The molecule has 0 bridgehead atoms. The monoisotopic (exact) mass is 466 g/mol. The largest absolute Gasteiger partial charge is 0.482 e. The number of ether oxygens (including phenoxy) is 1. The van der Waals surface area contributed by atoms with Gasteiger partial charge in [-0.1, -0.05) is 25.0 Å². The molecule has 10 heteroatoms. The molecule has 0 heterocycles. The molecule has 178 valence electrons. The topological polar surface area (TPSA) is 122 Å². The fourth-order valence-electron chi connectivity index (χ4n) is 4.13. The standard InChI is InChI=1S/C23H25F3N2O5/c24-23(25,26)18-11-16(8-9-19(18)27)28-21(31)22(32,15-5-1-2-6-15)12-14-4-3-7-17(10-14)33-13-20(29)30/h3-4,7-11,15,32H,1-2,5-6,12-13,27H2,(H,28,31)(H,29,30). The first-order valence-corrected chi connectivity index (χ1v) is 10.4. The van der Waals surface area contributed by atoms with Crippen LogP contribution in [0.1, 0.15) is 36.8 Å². The average Bonchev–Trinajstić information content (AvgIpc) is 3.28. The van der Waals surface area contributed by atoms with E-state index in [1.807, 2.05) is 0 Å². The van der Waals surface area contributed by atoms with Crippen molar-refractivity contribution in [1.29, 1.82) is 0 Å². The van der Waals surface area contributed by atoms with Crippen LogP contribution in [0.5, 0.6) is 5.75 Å². The number of hydrogen-bond acceptors (Lipinski definition) is 5. The number of alkyl halides is 3. The minimum Gasteiger partial charge on any atom is -0.482 e. The summed E-state index contributed by atoms with van der Waals surface area (Å²) in [5.41, 5.74) is 2.39. The predicted octanol–water partition coefficient (Wildman–Crippen LogP) is 3.85. The quantitative estimate of drug-likeness (QED) is 0.439. The van der Waals surface area contributed by atoms with Crippen molar-refractivity contribution in [2.24, 2.45) is 5.92 Å². The highest BCUT2D eigenvalue weighted by atomic mass is 19.4. The van der Waals surface area contributed by atoms with Gasteiger partial charge in [-0.15, -0.1) is 0 Å². The number of amides is 1. The Kier molecular flexibility index (Phi) is 7.16. The molecule has 1 atom stereocenters. The number of nitrogen functional groups attached to an aromatic ring is 1. The third-order valence-electron chi connectivity index (χ3n) is 5.77. The molecule has 1 aliphatic rings. The van der Waals surface area contributed by atoms with E-state index in [1.54, 1.807) is 18.2 Å². The number of halogens is 3. The number of hydrogen-bond donors (Lipinski definition) is 4. The Morgan fingerprint density at radius 1 is 1.12 bits per heavy atom. The number of nitrogens with one attached hydrogen (secondary N) is 1. The third kappa shape index (κ3) is 5.95. The minimum atomic E-state index is -4.69. The lowest BCUT2D eigenvalue weighted by atomic mass is 9.80. The lowest BCUT2D eigenvalue weighted by Gasteiger charge is -2.33. The van der Waals surface area contributed by atoms with Crippen LogP contribution in [0.15, 0.2) is 42.5 Å². The highest BCUT2D eigenvalue weighted by Gasteiger charge is 2.45. The molecule has 3 rings (SSSR count). The fourth-order valence-corrected chi connectivity index (χ4v) is 4.13. The van der Waals surface area contributed by atoms with Crippen molar-refractivity contribution in [3.05, 3.63) is 53.6 Å². The molecule has 33 heavy (non-hydrogen) atoms. The zero-order chi connectivity index (χ0) is 24.2. The van der Waals surface area contributed by atoms with Crippen molar-refractivity contribution < 1.29 is 37.7 Å². The van der Waals surface area contributed by atoms with Crippen LogP contribution in [0.2, 0.25) is 0 Å². The molecule has 1 aliphatic carbocycles. The first-order valence-electron chi connectivity index (χ1n) is 10.4. The second-order valence-electron chi connectivity index (χ2n) is 8.17. The molecule has 0 aliphatic heterocycles. The SMILES string of the molecule is Nc1ccc(NC(=O)C(O)(Cc2cccc(OCC(=O)O)c2)C2CCCC2)cc1C(F)(F)F. The fraction of sp³-hybridized carbons (Fsp3) is 0.391. The van der Waals surface area contributed by atoms with E-state index in [1.165, 1.54) is 12.1 Å². The molecule has 2 aromatic carbocycles. The number of carbonyl (C=O) groups is 2. The number of carbonyl (C=O) groups excluding carboxylic acids is 1. The van der Waals surface area contributed by atoms with Crippen molar-refractivity contribution in [2.75, 3.05) is 17.7 Å². The van der Waals surface area contributed by atoms with Crippen molar-refractivity contribution in [1.82, 2.24) is 0 Å². The minimum absolute atomic E-state index is 0.116. The van der Waals surface area contributed by atoms with Gasteiger partial charge in [0, 0.05) is 17.8 Å². The van der Waals surface area contributed by atoms with Crippen molar-refractivity contribution in [3.8, 4) is 5.75 Å². The summed E-state index contributed by atoms with van der Waals surface area (Å²) in [7, 11) is 0. The molecule has 0 aromatic heterocycles. The van der Waals surface area contributed by atoms with Gasteiger partial charge in [-0.3, -0.25) is 4.79 Å². The van der Waals surface area contributed by atoms with Gasteiger partial charge in [-0.05, 0) is 54.7 Å². The molecular formula is C23H25F3N2O5. The Hall–Kier alpha value is -3.27. The van der Waals surface area contributed by atoms with Crippen molar-refractivity contribution in [3.63, 3.8) is 0 Å². The number of carboxylic acid groups (broad SMARTS) is 1. The number of aliphatic hydroxyl groups is 1. The van der Waals surface area contributed by atoms with E-state index in [9.17, 15) is 27.9 Å². The number of rotatable bonds is 8. The van der Waals surface area contributed by atoms with Crippen LogP contribution in [0, 0.1) is 5.92 Å². The van der Waals surface area contributed by atoms with E-state index < -0.39 is 47.4 Å². The molecule has 1 fully saturated rings. The number of anilines is 2. The molecule has 0 spiro atoms. The lowest BCUT2D eigenvalue weighted by Crippen LogP contribution is -2.50. The van der Waals surface area contributed by atoms with Crippen LogP contribution < -0.4 is 15.8 Å². The molecule has 2 aromatic rings. The van der Waals surface area contributed by atoms with E-state index in [0.717, 1.165) is 25.0 Å². The summed E-state index contributed by atoms with van der Waals surface area (Å²) >= 11 is 0. The molecule has 0 radical (unpaired) electrons. The Morgan fingerprint density at radius 2 is 1.82 bits per heavy atom. The van der Waals surface area contributed by atoms with E-state index in [4.69, 9.17) is 15.6 Å². The summed E-state index contributed by atoms with van der Waals surface area (Å²) in [6, 6.07) is 9.38. The molecule has 5 N–H and O–H groups in total. The number of aliphatic carboxylic acids is 1. The maximum Gasteiger partial charge on any atom is 0.418 e. The van der Waals surface area contributed by atoms with E-state index in [2.05, 4.69) is 5.32 Å². The van der Waals surface area contributed by atoms with Gasteiger partial charge in [0.2, 0.25) is 0 Å². The number of nitrogens with two attached hydrogens (primary N) is 1. The van der Waals surface area contributed by atoms with Gasteiger partial charge in [-0.25, -0.2) is 4.79 Å². The van der Waals surface area contributed by atoms with Crippen LogP contribution in [0.25, 0.3) is 0 Å². The van der Waals surface area contributed by atoms with Crippen LogP contribution in [0.3, 0.4) is 0 Å². The van der Waals surface area contributed by atoms with Gasteiger partial charge >= 0.3 is 12.1 Å². The number of benzene rings is 2. The Bertz CT molecular complexity index is 1020. The maximum atomic E-state index is 13.2. The highest BCUT2D eigenvalue weighted by Crippen LogP contribution is 2.39. The second kappa shape index (κ2) is 9.70. The zero-order valence-corrected chi connectivity index (χ0v) is 17.7. The first-order chi connectivity index (χ1) is 15.5. The van der Waals surface area contributed by atoms with Crippen LogP contribution in [-0.4, -0.2) is 34.3 Å². The Balaban J connectivity index is 1.86. The Labute approximate surface area is 188 Å². The highest BCUT2D eigenvalue weighted by molar-refractivity contribution is 5.98. The van der Waals surface area contributed by atoms with Gasteiger partial charge in [0.1, 0.15) is 11.4 Å². The smallest absolute Gasteiger partial charge is 0.418 e. The van der Waals surface area contributed by atoms with E-state index in [-0.39, 0.29) is 17.9 Å². The van der Waals surface area contributed by atoms with Crippen LogP contribution in [-0.2, 0) is 22.2 Å². The summed E-state index contributed by atoms with van der Waals surface area (Å²) in [5, 5.41) is 22.7. The second-order valence-corrected chi connectivity index (χ2v) is 8.17. The van der Waals surface area contributed by atoms with Gasteiger partial charge < -0.3 is 26.0 Å². The lowest BCUT2D eigenvalue weighted by molar-refractivity contribution is -0.140. The normalized spacial score (nSPS) is 16.2. The Morgan fingerprint density at radius 3 is 2.45 bits per heavy atom. The average molecular weight is 466 g/mol. The maximum absolute atomic E-state index is 13.2.